The van der Waals surface area contributed by atoms with Crippen LogP contribution in [0.2, 0.25) is 0 Å². The highest BCUT2D eigenvalue weighted by atomic mass is 79.9. The zero-order valence-electron chi connectivity index (χ0n) is 28.7. The molecule has 4 aliphatic carbocycles. The molecule has 1 aromatic carbocycles. The Morgan fingerprint density at radius 3 is 1.98 bits per heavy atom. The van der Waals surface area contributed by atoms with Crippen LogP contribution >= 0.6 is 39.1 Å². The standard InChI is InChI=1S/C12H12O2.C12H10O2.C7H5BrO2.C5H8.CH2Cl2.CH4.H2/c2*1-7-4-3-5-9-10(13)6-8(2)12(14)11(7)9;1-4-2-5(9)3-6(8)7(4)10;1-3-5-4-2;2-1-3;;/h3-4,6-7H,5H2,1-2H3;3-6H,1-2H3;2-3H,1H3;3-5H,1H2,2H3;1H2;1H4;1H/b;;;5-4+;;;/i;;;;;;1+1D. The lowest BCUT2D eigenvalue weighted by molar-refractivity contribution is -0.116. The smallest absolute Gasteiger partial charge is 0.195 e. The number of halogens is 3. The van der Waals surface area contributed by atoms with Crippen molar-refractivity contribution in [3.8, 4) is 0 Å². The molecule has 6 nitrogen and oxygen atoms in total. The van der Waals surface area contributed by atoms with Crippen molar-refractivity contribution in [1.82, 2.24) is 0 Å². The quantitative estimate of drug-likeness (QED) is 0.123. The van der Waals surface area contributed by atoms with E-state index >= 15 is 0 Å². The summed E-state index contributed by atoms with van der Waals surface area (Å²) in [6.07, 6.45) is 15.6. The van der Waals surface area contributed by atoms with Gasteiger partial charge in [-0.1, -0.05) is 69.5 Å². The molecule has 9 heteroatoms. The van der Waals surface area contributed by atoms with Gasteiger partial charge in [0.15, 0.2) is 34.7 Å². The molecule has 1 atom stereocenters. The third-order valence-electron chi connectivity index (χ3n) is 6.78. The lowest BCUT2D eigenvalue weighted by Gasteiger charge is -2.23. The molecule has 0 heterocycles. The molecule has 0 aromatic heterocycles. The summed E-state index contributed by atoms with van der Waals surface area (Å²) in [6, 6.07) is 5.35. The van der Waals surface area contributed by atoms with Gasteiger partial charge in [-0.05, 0) is 80.8 Å². The third-order valence-corrected chi connectivity index (χ3v) is 7.37. The van der Waals surface area contributed by atoms with E-state index < -0.39 is 0 Å². The first-order valence-electron chi connectivity index (χ1n) is 15.2. The molecule has 4 aliphatic rings. The predicted octanol–water partition coefficient (Wildman–Crippen LogP) is 9.71. The number of fused-ring (bicyclic) bond motifs is 1. The Kier molecular flexibility index (Phi) is 18.6. The maximum atomic E-state index is 11.8. The molecule has 0 amide bonds. The van der Waals surface area contributed by atoms with E-state index in [0.717, 1.165) is 5.56 Å². The number of allylic oxidation sites excluding steroid dienone is 15. The van der Waals surface area contributed by atoms with Crippen molar-refractivity contribution in [2.45, 2.75) is 55.4 Å². The summed E-state index contributed by atoms with van der Waals surface area (Å²) in [5.41, 5.74) is 4.94. The van der Waals surface area contributed by atoms with Crippen LogP contribution < -0.4 is 0 Å². The first-order valence-corrected chi connectivity index (χ1v) is 16.1. The van der Waals surface area contributed by atoms with Gasteiger partial charge in [-0.3, -0.25) is 28.8 Å². The molecule has 0 radical (unpaired) electrons. The number of benzene rings is 1. The molecule has 252 valence electrons. The molecule has 47 heavy (non-hydrogen) atoms. The second-order valence-corrected chi connectivity index (χ2v) is 11.9. The number of Topliss-reactive ketones (excluding diaryl/α,β-unsaturated/α-hetero) is 3. The van der Waals surface area contributed by atoms with Crippen molar-refractivity contribution in [2.24, 2.45) is 5.92 Å². The van der Waals surface area contributed by atoms with Gasteiger partial charge < -0.3 is 0 Å². The Hall–Kier alpha value is -3.78. The van der Waals surface area contributed by atoms with Gasteiger partial charge in [0.05, 0.1) is 9.82 Å². The summed E-state index contributed by atoms with van der Waals surface area (Å²) in [7, 11) is 0. The van der Waals surface area contributed by atoms with Gasteiger partial charge in [-0.15, -0.1) is 23.2 Å². The Labute approximate surface area is 299 Å². The summed E-state index contributed by atoms with van der Waals surface area (Å²) in [4.78, 5) is 68.4. The van der Waals surface area contributed by atoms with E-state index in [9.17, 15) is 28.8 Å². The van der Waals surface area contributed by atoms with Crippen LogP contribution in [0.4, 0.5) is 0 Å². The number of aryl methyl sites for hydroxylation is 1. The van der Waals surface area contributed by atoms with Crippen LogP contribution in [0.15, 0.2) is 112 Å². The molecule has 0 N–H and O–H groups in total. The summed E-state index contributed by atoms with van der Waals surface area (Å²) in [5.74, 6) is -0.217. The van der Waals surface area contributed by atoms with E-state index in [1.807, 2.05) is 51.1 Å². The largest absolute Gasteiger partial charge is 0.290 e. The van der Waals surface area contributed by atoms with E-state index in [-0.39, 0.29) is 53.4 Å². The van der Waals surface area contributed by atoms with Crippen molar-refractivity contribution >= 4 is 73.8 Å². The normalized spacial score (nSPS) is 17.9. The number of carbonyl (C=O) groups is 6. The third kappa shape index (κ3) is 12.4. The van der Waals surface area contributed by atoms with Crippen LogP contribution in [0.3, 0.4) is 0 Å². The molecule has 1 aromatic rings. The summed E-state index contributed by atoms with van der Waals surface area (Å²) >= 11 is 12.5. The fourth-order valence-corrected chi connectivity index (χ4v) is 5.10. The molecule has 0 saturated heterocycles. The first-order chi connectivity index (χ1) is 22.7. The Bertz CT molecular complexity index is 1640. The lowest BCUT2D eigenvalue weighted by Crippen LogP contribution is -2.23. The lowest BCUT2D eigenvalue weighted by atomic mass is 9.79. The van der Waals surface area contributed by atoms with Crippen molar-refractivity contribution in [3.63, 3.8) is 0 Å². The fourth-order valence-electron chi connectivity index (χ4n) is 4.56. The van der Waals surface area contributed by atoms with E-state index in [1.54, 1.807) is 39.0 Å². The van der Waals surface area contributed by atoms with Gasteiger partial charge in [-0.2, -0.15) is 0 Å². The van der Waals surface area contributed by atoms with Crippen LogP contribution in [0.25, 0.3) is 0 Å². The Morgan fingerprint density at radius 2 is 1.45 bits per heavy atom. The number of carbonyl (C=O) groups excluding carboxylic acids is 6. The topological polar surface area (TPSA) is 102 Å². The van der Waals surface area contributed by atoms with Crippen molar-refractivity contribution in [3.05, 3.63) is 129 Å². The summed E-state index contributed by atoms with van der Waals surface area (Å²) < 4.78 is 10.3. The average Bonchev–Trinajstić information content (AvgIpc) is 3.04. The zero-order chi connectivity index (χ0) is 37.1. The SMILES string of the molecule is C.C=C/C=C/C.CC1=CC(=O)C2=C(C1=O)C(C)C=CC2.CC1=CC(=O)C=C(Br)C1=O.CC1=CC(=O)c2cccc(C)c2C1=O.ClCCl.[2H][2H]. The first kappa shape index (κ1) is 41.2. The van der Waals surface area contributed by atoms with E-state index in [4.69, 9.17) is 26.2 Å². The highest BCUT2D eigenvalue weighted by Gasteiger charge is 2.30. The maximum absolute atomic E-state index is 11.8. The van der Waals surface area contributed by atoms with Gasteiger partial charge in [0, 0.05) is 54.0 Å². The second-order valence-electron chi connectivity index (χ2n) is 10.3. The van der Waals surface area contributed by atoms with E-state index in [2.05, 4.69) is 22.5 Å². The van der Waals surface area contributed by atoms with Crippen molar-refractivity contribution < 1.29 is 31.7 Å². The molecular formula is C38H43BrCl2O6. The molecule has 5 rings (SSSR count). The average molecular weight is 749 g/mol. The molecule has 0 bridgehead atoms. The van der Waals surface area contributed by atoms with Gasteiger partial charge >= 0.3 is 0 Å². The minimum atomic E-state index is -0.135. The zero-order valence-corrected chi connectivity index (χ0v) is 29.8. The van der Waals surface area contributed by atoms with Gasteiger partial charge in [0.25, 0.3) is 0 Å². The van der Waals surface area contributed by atoms with Crippen molar-refractivity contribution in [1.29, 1.82) is 0 Å². The number of hydrogen-bond acceptors (Lipinski definition) is 6. The monoisotopic (exact) mass is 746 g/mol. The van der Waals surface area contributed by atoms with Gasteiger partial charge in [-0.25, -0.2) is 0 Å². The highest BCUT2D eigenvalue weighted by Crippen LogP contribution is 2.31. The number of hydrogen-bond donors (Lipinski definition) is 0. The van der Waals surface area contributed by atoms with E-state index in [0.29, 0.717) is 49.9 Å². The van der Waals surface area contributed by atoms with Gasteiger partial charge in [0.2, 0.25) is 0 Å². The van der Waals surface area contributed by atoms with Crippen LogP contribution in [0.1, 0.15) is 77.7 Å². The fraction of sp³-hybridized carbons (Fsp3) is 0.263. The summed E-state index contributed by atoms with van der Waals surface area (Å²) in [6.45, 7) is 14.2. The van der Waals surface area contributed by atoms with E-state index in [1.165, 1.54) is 24.3 Å². The number of rotatable bonds is 1. The molecule has 1 unspecified atom stereocenters. The molecule has 0 spiro atoms. The molecular weight excluding hydrogens is 703 g/mol. The van der Waals surface area contributed by atoms with Crippen LogP contribution in [0, 0.1) is 12.8 Å². The molecule has 0 fully saturated rings. The van der Waals surface area contributed by atoms with Crippen molar-refractivity contribution in [2.75, 3.05) is 5.34 Å². The molecule has 0 saturated carbocycles. The highest BCUT2D eigenvalue weighted by molar-refractivity contribution is 9.12. The van der Waals surface area contributed by atoms with Gasteiger partial charge in [0.1, 0.15) is 0 Å². The van der Waals surface area contributed by atoms with Crippen LogP contribution in [-0.2, 0) is 19.2 Å². The predicted molar refractivity (Wildman–Crippen MR) is 199 cm³/mol. The number of ketones is 6. The Morgan fingerprint density at radius 1 is 0.894 bits per heavy atom. The summed E-state index contributed by atoms with van der Waals surface area (Å²) in [5, 5.41) is 0.194. The maximum Gasteiger partial charge on any atom is 0.195 e. The Balaban J connectivity index is 0. The molecule has 0 aliphatic heterocycles. The minimum Gasteiger partial charge on any atom is -0.290 e. The number of alkyl halides is 2. The second kappa shape index (κ2) is 21.2. The van der Waals surface area contributed by atoms with Crippen LogP contribution in [-0.4, -0.2) is 40.0 Å². The van der Waals surface area contributed by atoms with Crippen LogP contribution in [0.5, 0.6) is 0 Å². The minimum absolute atomic E-state index is 0.